The van der Waals surface area contributed by atoms with E-state index in [-0.39, 0.29) is 6.10 Å². The van der Waals surface area contributed by atoms with Crippen molar-refractivity contribution in [2.75, 3.05) is 32.6 Å². The lowest BCUT2D eigenvalue weighted by Gasteiger charge is -2.20. The zero-order chi connectivity index (χ0) is 22.0. The normalized spacial score (nSPS) is 12.2. The largest absolute Gasteiger partial charge is 0.484 e. The molecule has 0 saturated carbocycles. The van der Waals surface area contributed by atoms with Gasteiger partial charge in [-0.15, -0.1) is 5.10 Å². The van der Waals surface area contributed by atoms with Gasteiger partial charge in [0.05, 0.1) is 22.5 Å². The van der Waals surface area contributed by atoms with Gasteiger partial charge >= 0.3 is 0 Å². The molecule has 2 aromatic heterocycles. The van der Waals surface area contributed by atoms with Gasteiger partial charge < -0.3 is 15.0 Å². The summed E-state index contributed by atoms with van der Waals surface area (Å²) in [6.45, 7) is 4.74. The highest BCUT2D eigenvalue weighted by atomic mass is 16.5. The summed E-state index contributed by atoms with van der Waals surface area (Å²) in [7, 11) is 5.83. The van der Waals surface area contributed by atoms with E-state index in [9.17, 15) is 0 Å². The Morgan fingerprint density at radius 1 is 1.03 bits per heavy atom. The average Bonchev–Trinajstić information content (AvgIpc) is 3.12. The van der Waals surface area contributed by atoms with Crippen LogP contribution in [0.4, 0.5) is 5.82 Å². The van der Waals surface area contributed by atoms with Gasteiger partial charge in [0.25, 0.3) is 0 Å². The van der Waals surface area contributed by atoms with Crippen LogP contribution in [0.5, 0.6) is 5.75 Å². The fraction of sp³-hybridized carbons (Fsp3) is 0.292. The van der Waals surface area contributed by atoms with Crippen LogP contribution in [0.3, 0.4) is 0 Å². The van der Waals surface area contributed by atoms with Crippen LogP contribution in [0.15, 0.2) is 54.6 Å². The maximum absolute atomic E-state index is 6.37. The summed E-state index contributed by atoms with van der Waals surface area (Å²) >= 11 is 0. The molecule has 160 valence electrons. The summed E-state index contributed by atoms with van der Waals surface area (Å²) in [6, 6.07) is 18.3. The molecule has 4 rings (SSSR count). The molecule has 1 unspecified atom stereocenters. The molecule has 0 aliphatic rings. The van der Waals surface area contributed by atoms with Crippen molar-refractivity contribution < 1.29 is 4.74 Å². The van der Waals surface area contributed by atoms with Crippen molar-refractivity contribution in [3.8, 4) is 11.4 Å². The Hall–Kier alpha value is -3.45. The van der Waals surface area contributed by atoms with Gasteiger partial charge in [0, 0.05) is 26.7 Å². The second-order valence-electron chi connectivity index (χ2n) is 7.80. The molecule has 1 atom stereocenters. The molecule has 0 radical (unpaired) electrons. The monoisotopic (exact) mass is 416 g/mol. The van der Waals surface area contributed by atoms with Gasteiger partial charge in [0.15, 0.2) is 5.82 Å². The average molecular weight is 417 g/mol. The third kappa shape index (κ3) is 4.09. The van der Waals surface area contributed by atoms with Crippen molar-refractivity contribution in [1.29, 1.82) is 0 Å². The van der Waals surface area contributed by atoms with E-state index in [1.165, 1.54) is 0 Å². The molecular formula is C24H28N6O. The number of aromatic nitrogens is 4. The topological polar surface area (TPSA) is 68.1 Å². The van der Waals surface area contributed by atoms with Crippen molar-refractivity contribution in [3.05, 3.63) is 71.5 Å². The number of rotatable bonds is 7. The smallest absolute Gasteiger partial charge is 0.179 e. The number of likely N-dealkylation sites (N-methyl/N-ethyl adjacent to an activating group) is 1. The first-order valence-electron chi connectivity index (χ1n) is 10.4. The standard InChI is InChI=1S/C24H28N6O/c1-16-22-17(2)30(28-23(22)24(27-26-16)29(4)5)19-12-9-13-20(14-19)31-21(15-25-3)18-10-7-6-8-11-18/h6-14,21,25H,15H2,1-5H3. The molecule has 0 aliphatic heterocycles. The Morgan fingerprint density at radius 3 is 2.52 bits per heavy atom. The molecule has 0 fully saturated rings. The lowest BCUT2D eigenvalue weighted by Crippen LogP contribution is -2.22. The number of anilines is 1. The highest BCUT2D eigenvalue weighted by Gasteiger charge is 2.19. The van der Waals surface area contributed by atoms with Gasteiger partial charge in [-0.1, -0.05) is 36.4 Å². The molecular weight excluding hydrogens is 388 g/mol. The first-order valence-corrected chi connectivity index (χ1v) is 10.4. The summed E-state index contributed by atoms with van der Waals surface area (Å²) in [5, 5.41) is 17.8. The van der Waals surface area contributed by atoms with E-state index in [1.807, 2.05) is 80.1 Å². The molecule has 0 spiro atoms. The van der Waals surface area contributed by atoms with Crippen molar-refractivity contribution in [2.24, 2.45) is 0 Å². The molecule has 7 heteroatoms. The molecule has 7 nitrogen and oxygen atoms in total. The summed E-state index contributed by atoms with van der Waals surface area (Å²) in [5.41, 5.74) is 4.81. The number of nitrogens with zero attached hydrogens (tertiary/aromatic N) is 5. The van der Waals surface area contributed by atoms with Crippen molar-refractivity contribution in [3.63, 3.8) is 0 Å². The second kappa shape index (κ2) is 8.73. The Morgan fingerprint density at radius 2 is 1.81 bits per heavy atom. The predicted octanol–water partition coefficient (Wildman–Crippen LogP) is 3.84. The van der Waals surface area contributed by atoms with Gasteiger partial charge in [0.2, 0.25) is 0 Å². The maximum atomic E-state index is 6.37. The summed E-state index contributed by atoms with van der Waals surface area (Å²) < 4.78 is 8.31. The van der Waals surface area contributed by atoms with Gasteiger partial charge in [-0.3, -0.25) is 0 Å². The summed E-state index contributed by atoms with van der Waals surface area (Å²) in [4.78, 5) is 1.94. The predicted molar refractivity (Wildman–Crippen MR) is 124 cm³/mol. The zero-order valence-electron chi connectivity index (χ0n) is 18.6. The Bertz CT molecular complexity index is 1190. The van der Waals surface area contributed by atoms with Gasteiger partial charge in [-0.25, -0.2) is 4.68 Å². The molecule has 0 amide bonds. The molecule has 31 heavy (non-hydrogen) atoms. The number of ether oxygens (including phenoxy) is 1. The van der Waals surface area contributed by atoms with E-state index in [0.29, 0.717) is 6.54 Å². The van der Waals surface area contributed by atoms with Crippen LogP contribution in [-0.2, 0) is 0 Å². The second-order valence-corrected chi connectivity index (χ2v) is 7.80. The Kier molecular flexibility index (Phi) is 5.86. The minimum atomic E-state index is -0.0878. The number of hydrogen-bond acceptors (Lipinski definition) is 6. The van der Waals surface area contributed by atoms with Gasteiger partial charge in [-0.2, -0.15) is 10.2 Å². The van der Waals surface area contributed by atoms with Crippen LogP contribution in [0, 0.1) is 13.8 Å². The lowest BCUT2D eigenvalue weighted by molar-refractivity contribution is 0.205. The van der Waals surface area contributed by atoms with E-state index >= 15 is 0 Å². The van der Waals surface area contributed by atoms with E-state index < -0.39 is 0 Å². The highest BCUT2D eigenvalue weighted by molar-refractivity contribution is 5.92. The van der Waals surface area contributed by atoms with Crippen LogP contribution in [0.25, 0.3) is 16.6 Å². The molecule has 2 aromatic carbocycles. The van der Waals surface area contributed by atoms with Gasteiger partial charge in [-0.05, 0) is 38.6 Å². The van der Waals surface area contributed by atoms with Crippen molar-refractivity contribution >= 4 is 16.7 Å². The molecule has 2 heterocycles. The summed E-state index contributed by atoms with van der Waals surface area (Å²) in [5.74, 6) is 1.55. The van der Waals surface area contributed by atoms with Crippen LogP contribution < -0.4 is 15.0 Å². The van der Waals surface area contributed by atoms with Crippen LogP contribution >= 0.6 is 0 Å². The zero-order valence-corrected chi connectivity index (χ0v) is 18.6. The first kappa shape index (κ1) is 20.8. The van der Waals surface area contributed by atoms with E-state index in [2.05, 4.69) is 34.6 Å². The van der Waals surface area contributed by atoms with E-state index in [0.717, 1.165) is 45.1 Å². The van der Waals surface area contributed by atoms with Crippen LogP contribution in [0.2, 0.25) is 0 Å². The fourth-order valence-electron chi connectivity index (χ4n) is 3.80. The maximum Gasteiger partial charge on any atom is 0.179 e. The number of benzene rings is 2. The SMILES string of the molecule is CNCC(Oc1cccc(-n2nc3c(N(C)C)nnc(C)c3c2C)c1)c1ccccc1. The quantitative estimate of drug-likeness (QED) is 0.494. The first-order chi connectivity index (χ1) is 15.0. The van der Waals surface area contributed by atoms with E-state index in [4.69, 9.17) is 9.84 Å². The molecule has 0 aliphatic carbocycles. The minimum absolute atomic E-state index is 0.0878. The van der Waals surface area contributed by atoms with Gasteiger partial charge in [0.1, 0.15) is 17.4 Å². The third-order valence-corrected chi connectivity index (χ3v) is 5.31. The fourth-order valence-corrected chi connectivity index (χ4v) is 3.80. The van der Waals surface area contributed by atoms with Crippen molar-refractivity contribution in [2.45, 2.75) is 20.0 Å². The van der Waals surface area contributed by atoms with Crippen LogP contribution in [-0.4, -0.2) is 47.7 Å². The third-order valence-electron chi connectivity index (χ3n) is 5.31. The number of fused-ring (bicyclic) bond motifs is 1. The lowest BCUT2D eigenvalue weighted by atomic mass is 10.1. The number of hydrogen-bond donors (Lipinski definition) is 1. The van der Waals surface area contributed by atoms with Crippen molar-refractivity contribution in [1.82, 2.24) is 25.3 Å². The summed E-state index contributed by atoms with van der Waals surface area (Å²) in [6.07, 6.45) is -0.0878. The number of aryl methyl sites for hydroxylation is 2. The van der Waals surface area contributed by atoms with E-state index in [1.54, 1.807) is 0 Å². The molecule has 1 N–H and O–H groups in total. The highest BCUT2D eigenvalue weighted by Crippen LogP contribution is 2.30. The Labute approximate surface area is 182 Å². The molecule has 0 bridgehead atoms. The molecule has 4 aromatic rings. The number of nitrogens with one attached hydrogen (secondary N) is 1. The van der Waals surface area contributed by atoms with Crippen LogP contribution in [0.1, 0.15) is 23.1 Å². The molecule has 0 saturated heterocycles. The Balaban J connectivity index is 1.73. The minimum Gasteiger partial charge on any atom is -0.484 e.